The van der Waals surface area contributed by atoms with Gasteiger partial charge in [0.1, 0.15) is 0 Å². The summed E-state index contributed by atoms with van der Waals surface area (Å²) in [4.78, 5) is 0. The van der Waals surface area contributed by atoms with Crippen LogP contribution in [-0.4, -0.2) is 24.4 Å². The predicted molar refractivity (Wildman–Crippen MR) is 75.3 cm³/mol. The second-order valence-electron chi connectivity index (χ2n) is 3.54. The summed E-state index contributed by atoms with van der Waals surface area (Å²) >= 11 is 0. The molecule has 3 heteroatoms. The summed E-state index contributed by atoms with van der Waals surface area (Å²) in [6.07, 6.45) is 15.0. The summed E-state index contributed by atoms with van der Waals surface area (Å²) in [7, 11) is 2.00. The minimum atomic E-state index is 0. The maximum atomic E-state index is 7.00. The first kappa shape index (κ1) is 30.7. The number of hydrogen-bond acceptors (Lipinski definition) is 2. The van der Waals surface area contributed by atoms with Crippen molar-refractivity contribution >= 4 is 0 Å². The van der Waals surface area contributed by atoms with Gasteiger partial charge in [0, 0.05) is 40.1 Å². The monoisotopic (exact) mass is 414 g/mol. The SMILES string of the molecule is C1CCCC1.C1CCCC1.CO.CO.[CH3-].[CH3-].[Hf]. The molecule has 0 heterocycles. The first-order chi connectivity index (χ1) is 7.00. The van der Waals surface area contributed by atoms with Gasteiger partial charge < -0.3 is 25.1 Å². The standard InChI is InChI=1S/2C5H10.2CH4O.2CH3.Hf/c2*1-2-4-5-3-1;2*1-2;;;/h2*1-5H2;2*2H,1H3;2*1H3;/q;;;;2*-1;. The van der Waals surface area contributed by atoms with Crippen LogP contribution < -0.4 is 0 Å². The molecule has 0 atom stereocenters. The molecule has 2 fully saturated rings. The van der Waals surface area contributed by atoms with Crippen molar-refractivity contribution in [2.24, 2.45) is 0 Å². The number of aliphatic hydroxyl groups is 2. The summed E-state index contributed by atoms with van der Waals surface area (Å²) < 4.78 is 0. The van der Waals surface area contributed by atoms with Gasteiger partial charge in [-0.2, -0.15) is 0 Å². The molecule has 2 N–H and O–H groups in total. The first-order valence-electron chi connectivity index (χ1n) is 5.89. The van der Waals surface area contributed by atoms with E-state index in [4.69, 9.17) is 10.2 Å². The van der Waals surface area contributed by atoms with E-state index in [1.807, 2.05) is 0 Å². The quantitative estimate of drug-likeness (QED) is 0.466. The Kier molecular flexibility index (Phi) is 64.8. The largest absolute Gasteiger partial charge is 0.400 e. The fraction of sp³-hybridized carbons (Fsp3) is 0.857. The van der Waals surface area contributed by atoms with E-state index in [0.29, 0.717) is 0 Å². The van der Waals surface area contributed by atoms with E-state index in [-0.39, 0.29) is 40.7 Å². The van der Waals surface area contributed by atoms with Crippen molar-refractivity contribution in [3.05, 3.63) is 14.9 Å². The Labute approximate surface area is 129 Å². The van der Waals surface area contributed by atoms with Crippen molar-refractivity contribution in [3.63, 3.8) is 0 Å². The fourth-order valence-electron chi connectivity index (χ4n) is 1.77. The van der Waals surface area contributed by atoms with Gasteiger partial charge in [0.2, 0.25) is 0 Å². The third-order valence-corrected chi connectivity index (χ3v) is 2.50. The Morgan fingerprint density at radius 1 is 0.412 bits per heavy atom. The van der Waals surface area contributed by atoms with Gasteiger partial charge in [-0.05, 0) is 0 Å². The van der Waals surface area contributed by atoms with Crippen LogP contribution in [0.1, 0.15) is 64.2 Å². The maximum Gasteiger partial charge on any atom is 0.0319 e. The fourth-order valence-corrected chi connectivity index (χ4v) is 1.77. The molecule has 17 heavy (non-hydrogen) atoms. The van der Waals surface area contributed by atoms with Crippen LogP contribution in [-0.2, 0) is 25.8 Å². The van der Waals surface area contributed by atoms with Crippen LogP contribution in [0.2, 0.25) is 0 Å². The maximum absolute atomic E-state index is 7.00. The third-order valence-electron chi connectivity index (χ3n) is 2.50. The molecular weight excluding hydrogens is 379 g/mol. The zero-order valence-electron chi connectivity index (χ0n) is 12.5. The van der Waals surface area contributed by atoms with Gasteiger partial charge in [-0.3, -0.25) is 0 Å². The molecule has 0 bridgehead atoms. The van der Waals surface area contributed by atoms with Gasteiger partial charge in [0.05, 0.1) is 0 Å². The number of rotatable bonds is 0. The predicted octanol–water partition coefficient (Wildman–Crippen LogP) is 4.02. The van der Waals surface area contributed by atoms with Gasteiger partial charge in [-0.25, -0.2) is 0 Å². The molecule has 2 aliphatic carbocycles. The van der Waals surface area contributed by atoms with E-state index >= 15 is 0 Å². The van der Waals surface area contributed by atoms with Crippen LogP contribution in [0, 0.1) is 14.9 Å². The summed E-state index contributed by atoms with van der Waals surface area (Å²) in [5, 5.41) is 14.0. The molecule has 0 unspecified atom stereocenters. The Hall–Kier alpha value is 0.790. The van der Waals surface area contributed by atoms with Crippen molar-refractivity contribution in [1.82, 2.24) is 0 Å². The van der Waals surface area contributed by atoms with Gasteiger partial charge in [0.25, 0.3) is 0 Å². The molecular formula is C14H34HfO2-2. The summed E-state index contributed by atoms with van der Waals surface area (Å²) in [6.45, 7) is 0. The molecule has 108 valence electrons. The van der Waals surface area contributed by atoms with E-state index in [0.717, 1.165) is 14.2 Å². The Morgan fingerprint density at radius 2 is 0.471 bits per heavy atom. The Morgan fingerprint density at radius 3 is 0.529 bits per heavy atom. The molecule has 0 amide bonds. The molecule has 0 spiro atoms. The van der Waals surface area contributed by atoms with Gasteiger partial charge in [0.15, 0.2) is 0 Å². The van der Waals surface area contributed by atoms with Crippen molar-refractivity contribution in [3.8, 4) is 0 Å². The smallest absolute Gasteiger partial charge is 0.0319 e. The van der Waals surface area contributed by atoms with E-state index in [2.05, 4.69) is 0 Å². The number of aliphatic hydroxyl groups excluding tert-OH is 2. The van der Waals surface area contributed by atoms with Crippen LogP contribution in [0.4, 0.5) is 0 Å². The Bertz CT molecular complexity index is 47.4. The molecule has 2 aliphatic rings. The van der Waals surface area contributed by atoms with Crippen LogP contribution in [0.25, 0.3) is 0 Å². The topological polar surface area (TPSA) is 40.5 Å². The molecule has 2 rings (SSSR count). The molecule has 2 nitrogen and oxygen atoms in total. The van der Waals surface area contributed by atoms with Gasteiger partial charge >= 0.3 is 0 Å². The van der Waals surface area contributed by atoms with Crippen LogP contribution in [0.3, 0.4) is 0 Å². The summed E-state index contributed by atoms with van der Waals surface area (Å²) in [6, 6.07) is 0. The van der Waals surface area contributed by atoms with Crippen molar-refractivity contribution in [2.75, 3.05) is 14.2 Å². The summed E-state index contributed by atoms with van der Waals surface area (Å²) in [5.41, 5.74) is 0. The average molecular weight is 413 g/mol. The van der Waals surface area contributed by atoms with Crippen LogP contribution in [0.5, 0.6) is 0 Å². The molecule has 0 aromatic rings. The normalized spacial score (nSPS) is 14.8. The first-order valence-corrected chi connectivity index (χ1v) is 5.89. The van der Waals surface area contributed by atoms with Crippen molar-refractivity contribution in [1.29, 1.82) is 0 Å². The average Bonchev–Trinajstić information content (AvgIpc) is 3.01. The zero-order valence-corrected chi connectivity index (χ0v) is 16.1. The van der Waals surface area contributed by atoms with E-state index < -0.39 is 0 Å². The molecule has 0 saturated heterocycles. The molecule has 0 aromatic heterocycles. The van der Waals surface area contributed by atoms with Crippen molar-refractivity contribution < 1.29 is 36.1 Å². The van der Waals surface area contributed by atoms with E-state index in [9.17, 15) is 0 Å². The molecule has 0 aromatic carbocycles. The minimum Gasteiger partial charge on any atom is -0.400 e. The molecule has 0 radical (unpaired) electrons. The van der Waals surface area contributed by atoms with Crippen LogP contribution >= 0.6 is 0 Å². The Balaban J connectivity index is -0.0000000387. The van der Waals surface area contributed by atoms with Crippen molar-refractivity contribution in [2.45, 2.75) is 64.2 Å². The van der Waals surface area contributed by atoms with Crippen LogP contribution in [0.15, 0.2) is 0 Å². The second-order valence-corrected chi connectivity index (χ2v) is 3.54. The third kappa shape index (κ3) is 31.5. The number of hydrogen-bond donors (Lipinski definition) is 2. The molecule has 0 aliphatic heterocycles. The molecule has 2 saturated carbocycles. The minimum absolute atomic E-state index is 0. The van der Waals surface area contributed by atoms with Gasteiger partial charge in [-0.15, -0.1) is 0 Å². The van der Waals surface area contributed by atoms with Gasteiger partial charge in [-0.1, -0.05) is 64.2 Å². The second kappa shape index (κ2) is 36.0. The summed E-state index contributed by atoms with van der Waals surface area (Å²) in [5.74, 6) is 0. The van der Waals surface area contributed by atoms with E-state index in [1.165, 1.54) is 64.2 Å². The zero-order chi connectivity index (χ0) is 11.1. The van der Waals surface area contributed by atoms with E-state index in [1.54, 1.807) is 0 Å².